The minimum atomic E-state index is -1.08. The Morgan fingerprint density at radius 3 is 2.95 bits per heavy atom. The van der Waals surface area contributed by atoms with Gasteiger partial charge in [0, 0.05) is 10.8 Å². The molecular formula is C15H9NO4S. The van der Waals surface area contributed by atoms with Crippen molar-refractivity contribution in [1.82, 2.24) is 4.90 Å². The molecule has 1 amide bonds. The summed E-state index contributed by atoms with van der Waals surface area (Å²) in [5.41, 5.74) is 1.36. The van der Waals surface area contributed by atoms with Crippen molar-refractivity contribution in [2.24, 2.45) is 0 Å². The van der Waals surface area contributed by atoms with Crippen LogP contribution in [0.2, 0.25) is 0 Å². The van der Waals surface area contributed by atoms with Crippen molar-refractivity contribution in [1.29, 1.82) is 0 Å². The molecule has 1 saturated heterocycles. The zero-order valence-electron chi connectivity index (χ0n) is 10.6. The lowest BCUT2D eigenvalue weighted by molar-refractivity contribution is -0.141. The minimum Gasteiger partial charge on any atom is -0.477 e. The molecule has 5 nitrogen and oxygen atoms in total. The smallest absolute Gasteiger partial charge is 0.353 e. The van der Waals surface area contributed by atoms with Gasteiger partial charge in [-0.2, -0.15) is 0 Å². The average Bonchev–Trinajstić information content (AvgIpc) is 3.05. The molecule has 0 radical (unpaired) electrons. The maximum absolute atomic E-state index is 12.1. The number of carbonyl (C=O) groups excluding carboxylic acids is 1. The Morgan fingerprint density at radius 1 is 1.38 bits per heavy atom. The van der Waals surface area contributed by atoms with E-state index in [0.717, 1.165) is 11.0 Å². The van der Waals surface area contributed by atoms with Gasteiger partial charge in [-0.15, -0.1) is 11.8 Å². The van der Waals surface area contributed by atoms with Gasteiger partial charge in [0.15, 0.2) is 0 Å². The molecule has 2 aromatic rings. The SMILES string of the molecule is O=C(O)C1=CS[C@H]2C(=Cc3cc4ccccc4o3)C(=O)N12. The summed E-state index contributed by atoms with van der Waals surface area (Å²) < 4.78 is 5.66. The molecule has 21 heavy (non-hydrogen) atoms. The number of fused-ring (bicyclic) bond motifs is 2. The Hall–Kier alpha value is -2.47. The molecule has 2 aliphatic rings. The molecule has 1 atom stereocenters. The zero-order chi connectivity index (χ0) is 14.6. The molecule has 2 aliphatic heterocycles. The van der Waals surface area contributed by atoms with Crippen LogP contribution in [0.25, 0.3) is 17.0 Å². The van der Waals surface area contributed by atoms with Gasteiger partial charge in [0.2, 0.25) is 0 Å². The largest absolute Gasteiger partial charge is 0.477 e. The highest BCUT2D eigenvalue weighted by molar-refractivity contribution is 8.03. The van der Waals surface area contributed by atoms with Crippen molar-refractivity contribution in [3.05, 3.63) is 52.8 Å². The molecule has 1 aromatic heterocycles. The van der Waals surface area contributed by atoms with E-state index in [4.69, 9.17) is 9.52 Å². The third kappa shape index (κ3) is 1.72. The Labute approximate surface area is 123 Å². The molecule has 0 spiro atoms. The fourth-order valence-electron chi connectivity index (χ4n) is 2.49. The number of amides is 1. The topological polar surface area (TPSA) is 70.7 Å². The summed E-state index contributed by atoms with van der Waals surface area (Å²) in [6.07, 6.45) is 1.69. The summed E-state index contributed by atoms with van der Waals surface area (Å²) in [5, 5.41) is 11.2. The number of carboxylic acid groups (broad SMARTS) is 1. The van der Waals surface area contributed by atoms with Crippen LogP contribution in [0.5, 0.6) is 0 Å². The number of para-hydroxylation sites is 1. The quantitative estimate of drug-likeness (QED) is 0.682. The average molecular weight is 299 g/mol. The number of nitrogens with zero attached hydrogens (tertiary/aromatic N) is 1. The van der Waals surface area contributed by atoms with Gasteiger partial charge in [0.1, 0.15) is 22.4 Å². The number of aliphatic carboxylic acids is 1. The van der Waals surface area contributed by atoms with E-state index in [1.54, 1.807) is 6.08 Å². The van der Waals surface area contributed by atoms with Gasteiger partial charge < -0.3 is 9.52 Å². The van der Waals surface area contributed by atoms with Crippen LogP contribution < -0.4 is 0 Å². The number of thioether (sulfide) groups is 1. The van der Waals surface area contributed by atoms with E-state index in [1.807, 2.05) is 30.3 Å². The monoisotopic (exact) mass is 299 g/mol. The van der Waals surface area contributed by atoms with Crippen molar-refractivity contribution in [2.45, 2.75) is 5.37 Å². The van der Waals surface area contributed by atoms with Crippen LogP contribution in [0.3, 0.4) is 0 Å². The molecule has 6 heteroatoms. The van der Waals surface area contributed by atoms with Gasteiger partial charge >= 0.3 is 5.97 Å². The van der Waals surface area contributed by atoms with Crippen LogP contribution in [0.15, 0.2) is 51.4 Å². The van der Waals surface area contributed by atoms with Crippen molar-refractivity contribution >= 4 is 40.7 Å². The lowest BCUT2D eigenvalue weighted by atomic mass is 10.0. The first-order valence-electron chi connectivity index (χ1n) is 6.28. The Morgan fingerprint density at radius 2 is 2.19 bits per heavy atom. The van der Waals surface area contributed by atoms with E-state index in [-0.39, 0.29) is 17.0 Å². The summed E-state index contributed by atoms with van der Waals surface area (Å²) in [7, 11) is 0. The van der Waals surface area contributed by atoms with Gasteiger partial charge in [0.25, 0.3) is 5.91 Å². The first kappa shape index (κ1) is 12.3. The molecule has 0 bridgehead atoms. The number of furan rings is 1. The zero-order valence-corrected chi connectivity index (χ0v) is 11.5. The third-order valence-electron chi connectivity index (χ3n) is 3.50. The molecule has 104 valence electrons. The molecule has 4 rings (SSSR count). The van der Waals surface area contributed by atoms with Crippen molar-refractivity contribution < 1.29 is 19.1 Å². The number of hydrogen-bond acceptors (Lipinski definition) is 4. The van der Waals surface area contributed by atoms with Crippen LogP contribution in [0.1, 0.15) is 5.76 Å². The predicted molar refractivity (Wildman–Crippen MR) is 78.1 cm³/mol. The standard InChI is InChI=1S/C15H9NO4S/c17-13-10(14-16(13)11(7-21-14)15(18)19)6-9-5-8-3-1-2-4-12(8)20-9/h1-7,14H,(H,18,19)/t14-/m0/s1. The third-order valence-corrected chi connectivity index (χ3v) is 4.58. The molecule has 1 N–H and O–H groups in total. The van der Waals surface area contributed by atoms with Gasteiger partial charge in [0.05, 0.1) is 5.57 Å². The summed E-state index contributed by atoms with van der Waals surface area (Å²) in [6, 6.07) is 9.46. The number of β-lactam (4-membered cyclic amide) rings is 1. The van der Waals surface area contributed by atoms with E-state index in [0.29, 0.717) is 11.3 Å². The van der Waals surface area contributed by atoms with Crippen molar-refractivity contribution in [2.75, 3.05) is 0 Å². The highest BCUT2D eigenvalue weighted by Crippen LogP contribution is 2.45. The van der Waals surface area contributed by atoms with Crippen LogP contribution in [-0.2, 0) is 9.59 Å². The minimum absolute atomic E-state index is 0.0387. The summed E-state index contributed by atoms with van der Waals surface area (Å²) >= 11 is 1.32. The molecule has 1 aromatic carbocycles. The summed E-state index contributed by atoms with van der Waals surface area (Å²) in [4.78, 5) is 24.4. The second kappa shape index (κ2) is 4.26. The van der Waals surface area contributed by atoms with E-state index in [2.05, 4.69) is 0 Å². The second-order valence-electron chi connectivity index (χ2n) is 4.76. The van der Waals surface area contributed by atoms with E-state index >= 15 is 0 Å². The predicted octanol–water partition coefficient (Wildman–Crippen LogP) is 2.66. The van der Waals surface area contributed by atoms with Crippen LogP contribution >= 0.6 is 11.8 Å². The highest BCUT2D eigenvalue weighted by Gasteiger charge is 2.49. The number of carbonyl (C=O) groups is 2. The van der Waals surface area contributed by atoms with Crippen LogP contribution in [0, 0.1) is 0 Å². The fraction of sp³-hybridized carbons (Fsp3) is 0.0667. The lowest BCUT2D eigenvalue weighted by Gasteiger charge is -2.36. The maximum atomic E-state index is 12.1. The number of benzene rings is 1. The van der Waals surface area contributed by atoms with Crippen molar-refractivity contribution in [3.63, 3.8) is 0 Å². The van der Waals surface area contributed by atoms with Crippen LogP contribution in [0.4, 0.5) is 0 Å². The van der Waals surface area contributed by atoms with Crippen LogP contribution in [-0.4, -0.2) is 27.3 Å². The maximum Gasteiger partial charge on any atom is 0.353 e. The summed E-state index contributed by atoms with van der Waals surface area (Å²) in [6.45, 7) is 0. The Balaban J connectivity index is 1.67. The van der Waals surface area contributed by atoms with E-state index in [1.165, 1.54) is 22.1 Å². The number of carboxylic acids is 1. The molecule has 0 aliphatic carbocycles. The first-order chi connectivity index (χ1) is 10.1. The lowest BCUT2D eigenvalue weighted by Crippen LogP contribution is -2.51. The van der Waals surface area contributed by atoms with Gasteiger partial charge in [-0.1, -0.05) is 18.2 Å². The van der Waals surface area contributed by atoms with E-state index < -0.39 is 5.97 Å². The van der Waals surface area contributed by atoms with E-state index in [9.17, 15) is 9.59 Å². The highest BCUT2D eigenvalue weighted by atomic mass is 32.2. The molecular weight excluding hydrogens is 290 g/mol. The van der Waals surface area contributed by atoms with Gasteiger partial charge in [-0.3, -0.25) is 9.69 Å². The molecule has 3 heterocycles. The first-order valence-corrected chi connectivity index (χ1v) is 7.22. The Bertz CT molecular complexity index is 815. The van der Waals surface area contributed by atoms with Crippen molar-refractivity contribution in [3.8, 4) is 0 Å². The Kier molecular flexibility index (Phi) is 2.49. The molecule has 0 saturated carbocycles. The molecule has 1 fully saturated rings. The number of hydrogen-bond donors (Lipinski definition) is 1. The number of rotatable bonds is 2. The summed E-state index contributed by atoms with van der Waals surface area (Å²) in [5.74, 6) is -0.760. The van der Waals surface area contributed by atoms with Gasteiger partial charge in [-0.05, 0) is 18.2 Å². The normalized spacial score (nSPS) is 22.4. The fourth-order valence-corrected chi connectivity index (χ4v) is 3.61. The van der Waals surface area contributed by atoms with Gasteiger partial charge in [-0.25, -0.2) is 4.79 Å². The molecule has 0 unspecified atom stereocenters. The second-order valence-corrected chi connectivity index (χ2v) is 5.71.